The Morgan fingerprint density at radius 2 is 1.79 bits per heavy atom. The van der Waals surface area contributed by atoms with Crippen LogP contribution in [0.1, 0.15) is 83.7 Å². The van der Waals surface area contributed by atoms with Crippen LogP contribution >= 0.6 is 0 Å². The van der Waals surface area contributed by atoms with Gasteiger partial charge in [-0.25, -0.2) is 8.78 Å². The SMILES string of the molecule is CC(=N)N(C(=N)C1CNC1)C(C)CC1CCC(C)N1CCC(NC(=O)C1CCC(F)(F)CC1)c1ccccc1. The summed E-state index contributed by atoms with van der Waals surface area (Å²) < 4.78 is 27.3. The van der Waals surface area contributed by atoms with Crippen LogP contribution in [-0.4, -0.2) is 71.1 Å². The number of benzene rings is 1. The lowest BCUT2D eigenvalue weighted by atomic mass is 9.86. The molecule has 1 saturated carbocycles. The van der Waals surface area contributed by atoms with E-state index in [-0.39, 0.29) is 55.5 Å². The molecule has 39 heavy (non-hydrogen) atoms. The van der Waals surface area contributed by atoms with E-state index >= 15 is 0 Å². The summed E-state index contributed by atoms with van der Waals surface area (Å²) in [6, 6.07) is 10.6. The summed E-state index contributed by atoms with van der Waals surface area (Å²) in [6.07, 6.45) is 3.83. The predicted molar refractivity (Wildman–Crippen MR) is 151 cm³/mol. The normalized spacial score (nSPS) is 25.5. The number of likely N-dealkylation sites (tertiary alicyclic amines) is 1. The molecule has 7 nitrogen and oxygen atoms in total. The van der Waals surface area contributed by atoms with E-state index in [1.54, 1.807) is 6.92 Å². The number of hydrogen-bond donors (Lipinski definition) is 4. The Morgan fingerprint density at radius 3 is 2.38 bits per heavy atom. The average Bonchev–Trinajstić information content (AvgIpc) is 3.19. The summed E-state index contributed by atoms with van der Waals surface area (Å²) in [4.78, 5) is 17.6. The van der Waals surface area contributed by atoms with Gasteiger partial charge in [-0.05, 0) is 64.9 Å². The maximum atomic E-state index is 13.7. The molecular formula is C30H46F2N6O. The van der Waals surface area contributed by atoms with Crippen LogP contribution in [0, 0.1) is 22.7 Å². The number of carbonyl (C=O) groups is 1. The van der Waals surface area contributed by atoms with Crippen molar-refractivity contribution in [2.24, 2.45) is 11.8 Å². The Kier molecular flexibility index (Phi) is 9.75. The highest BCUT2D eigenvalue weighted by molar-refractivity contribution is 5.99. The average molecular weight is 545 g/mol. The van der Waals surface area contributed by atoms with Crippen molar-refractivity contribution in [2.45, 2.75) is 102 Å². The molecule has 1 aromatic carbocycles. The Bertz CT molecular complexity index is 990. The third-order valence-corrected chi connectivity index (χ3v) is 9.08. The molecule has 4 unspecified atom stereocenters. The van der Waals surface area contributed by atoms with Gasteiger partial charge in [-0.1, -0.05) is 30.3 Å². The molecule has 216 valence electrons. The van der Waals surface area contributed by atoms with Gasteiger partial charge in [-0.3, -0.25) is 20.5 Å². The zero-order valence-corrected chi connectivity index (χ0v) is 23.7. The molecule has 1 amide bonds. The van der Waals surface area contributed by atoms with Crippen molar-refractivity contribution in [3.63, 3.8) is 0 Å². The molecule has 4 atom stereocenters. The fourth-order valence-electron chi connectivity index (χ4n) is 6.59. The summed E-state index contributed by atoms with van der Waals surface area (Å²) in [5, 5.41) is 23.5. The van der Waals surface area contributed by atoms with Gasteiger partial charge >= 0.3 is 0 Å². The third-order valence-electron chi connectivity index (χ3n) is 9.08. The van der Waals surface area contributed by atoms with Crippen molar-refractivity contribution in [3.05, 3.63) is 35.9 Å². The number of nitrogens with zero attached hydrogens (tertiary/aromatic N) is 2. The van der Waals surface area contributed by atoms with E-state index in [9.17, 15) is 13.6 Å². The second kappa shape index (κ2) is 12.9. The fraction of sp³-hybridized carbons (Fsp3) is 0.700. The highest BCUT2D eigenvalue weighted by Crippen LogP contribution is 2.37. The van der Waals surface area contributed by atoms with Crippen molar-refractivity contribution in [3.8, 4) is 0 Å². The summed E-state index contributed by atoms with van der Waals surface area (Å²) >= 11 is 0. The fourth-order valence-corrected chi connectivity index (χ4v) is 6.59. The highest BCUT2D eigenvalue weighted by atomic mass is 19.3. The molecule has 4 rings (SSSR count). The van der Waals surface area contributed by atoms with Gasteiger partial charge in [0.1, 0.15) is 5.84 Å². The van der Waals surface area contributed by atoms with Gasteiger partial charge < -0.3 is 15.5 Å². The number of carbonyl (C=O) groups excluding carboxylic acids is 1. The first-order valence-electron chi connectivity index (χ1n) is 14.7. The molecule has 2 heterocycles. The Balaban J connectivity index is 1.40. The van der Waals surface area contributed by atoms with Crippen LogP contribution in [0.5, 0.6) is 0 Å². The maximum Gasteiger partial charge on any atom is 0.248 e. The summed E-state index contributed by atoms with van der Waals surface area (Å²) in [7, 11) is 0. The lowest BCUT2D eigenvalue weighted by Gasteiger charge is -2.40. The number of nitrogens with one attached hydrogen (secondary N) is 4. The van der Waals surface area contributed by atoms with Crippen LogP contribution in [0.3, 0.4) is 0 Å². The quantitative estimate of drug-likeness (QED) is 0.241. The van der Waals surface area contributed by atoms with Crippen molar-refractivity contribution < 1.29 is 13.6 Å². The molecule has 2 aliphatic heterocycles. The summed E-state index contributed by atoms with van der Waals surface area (Å²) in [5.74, 6) is -1.97. The van der Waals surface area contributed by atoms with Crippen LogP contribution in [0.25, 0.3) is 0 Å². The molecule has 1 aliphatic carbocycles. The molecule has 4 N–H and O–H groups in total. The number of amides is 1. The number of alkyl halides is 2. The molecular weight excluding hydrogens is 498 g/mol. The van der Waals surface area contributed by atoms with Crippen LogP contribution in [-0.2, 0) is 4.79 Å². The molecule has 3 aliphatic rings. The molecule has 0 spiro atoms. The lowest BCUT2D eigenvalue weighted by Crippen LogP contribution is -2.55. The van der Waals surface area contributed by atoms with Crippen LogP contribution in [0.15, 0.2) is 30.3 Å². The van der Waals surface area contributed by atoms with Crippen molar-refractivity contribution in [1.82, 2.24) is 20.4 Å². The van der Waals surface area contributed by atoms with Gasteiger partial charge in [0.05, 0.1) is 11.9 Å². The summed E-state index contributed by atoms with van der Waals surface area (Å²) in [6.45, 7) is 8.57. The largest absolute Gasteiger partial charge is 0.349 e. The molecule has 0 bridgehead atoms. The smallest absolute Gasteiger partial charge is 0.248 e. The van der Waals surface area contributed by atoms with Crippen molar-refractivity contribution in [2.75, 3.05) is 19.6 Å². The first-order chi connectivity index (χ1) is 18.6. The van der Waals surface area contributed by atoms with E-state index in [4.69, 9.17) is 10.8 Å². The number of rotatable bonds is 10. The summed E-state index contributed by atoms with van der Waals surface area (Å²) in [5.41, 5.74) is 1.04. The van der Waals surface area contributed by atoms with E-state index in [1.807, 2.05) is 35.2 Å². The Morgan fingerprint density at radius 1 is 1.13 bits per heavy atom. The number of halogens is 2. The standard InChI is InChI=1S/C30H46F2N6O/c1-20-9-10-26(17-21(2)38(22(3)33)28(34)25-18-35-19-25)37(20)16-13-27(23-7-5-4-6-8-23)36-29(39)24-11-14-30(31,32)15-12-24/h4-8,20-21,24-27,33-35H,9-19H2,1-3H3,(H,36,39). The first kappa shape index (κ1) is 29.6. The Labute approximate surface area is 232 Å². The minimum absolute atomic E-state index is 0.0578. The van der Waals surface area contributed by atoms with Gasteiger partial charge in [0.25, 0.3) is 0 Å². The third kappa shape index (κ3) is 7.42. The van der Waals surface area contributed by atoms with Crippen LogP contribution < -0.4 is 10.6 Å². The number of hydrogen-bond acceptors (Lipinski definition) is 5. The second-order valence-corrected chi connectivity index (χ2v) is 12.0. The van der Waals surface area contributed by atoms with Gasteiger partial charge in [0.2, 0.25) is 11.8 Å². The van der Waals surface area contributed by atoms with E-state index in [0.717, 1.165) is 50.9 Å². The molecule has 1 aromatic rings. The zero-order chi connectivity index (χ0) is 28.2. The lowest BCUT2D eigenvalue weighted by molar-refractivity contribution is -0.130. The van der Waals surface area contributed by atoms with Crippen LogP contribution in [0.4, 0.5) is 8.78 Å². The van der Waals surface area contributed by atoms with Crippen molar-refractivity contribution in [1.29, 1.82) is 10.8 Å². The second-order valence-electron chi connectivity index (χ2n) is 12.0. The highest BCUT2D eigenvalue weighted by Gasteiger charge is 2.39. The first-order valence-corrected chi connectivity index (χ1v) is 14.7. The maximum absolute atomic E-state index is 13.7. The van der Waals surface area contributed by atoms with E-state index in [1.165, 1.54) is 0 Å². The Hall–Kier alpha value is -2.39. The number of amidine groups is 2. The molecule has 9 heteroatoms. The minimum atomic E-state index is -2.65. The van der Waals surface area contributed by atoms with Gasteiger partial charge in [0.15, 0.2) is 0 Å². The minimum Gasteiger partial charge on any atom is -0.349 e. The van der Waals surface area contributed by atoms with Crippen LogP contribution in [0.2, 0.25) is 0 Å². The van der Waals surface area contributed by atoms with Gasteiger partial charge in [-0.15, -0.1) is 0 Å². The van der Waals surface area contributed by atoms with E-state index in [2.05, 4.69) is 29.4 Å². The van der Waals surface area contributed by atoms with Crippen molar-refractivity contribution >= 4 is 17.6 Å². The monoisotopic (exact) mass is 544 g/mol. The van der Waals surface area contributed by atoms with E-state index in [0.29, 0.717) is 23.8 Å². The van der Waals surface area contributed by atoms with Gasteiger partial charge in [0, 0.05) is 62.4 Å². The predicted octanol–water partition coefficient (Wildman–Crippen LogP) is 5.19. The molecule has 3 fully saturated rings. The van der Waals surface area contributed by atoms with Gasteiger partial charge in [-0.2, -0.15) is 0 Å². The topological polar surface area (TPSA) is 95.3 Å². The molecule has 0 aromatic heterocycles. The molecule has 2 saturated heterocycles. The van der Waals surface area contributed by atoms with E-state index < -0.39 is 5.92 Å². The molecule has 0 radical (unpaired) electrons. The zero-order valence-electron chi connectivity index (χ0n) is 23.7.